The molecular formula is C25H36O8. The van der Waals surface area contributed by atoms with Crippen molar-refractivity contribution in [3.63, 3.8) is 0 Å². The molecule has 4 aliphatic rings. The number of fused-ring (bicyclic) bond motifs is 5. The van der Waals surface area contributed by atoms with Crippen LogP contribution < -0.4 is 0 Å². The fourth-order valence-corrected chi connectivity index (χ4v) is 8.10. The molecule has 0 saturated heterocycles. The van der Waals surface area contributed by atoms with E-state index < -0.39 is 46.9 Å². The Morgan fingerprint density at radius 3 is 2.30 bits per heavy atom. The van der Waals surface area contributed by atoms with Gasteiger partial charge in [0.05, 0.1) is 18.4 Å². The molecule has 1 unspecified atom stereocenters. The molecule has 8 atom stereocenters. The van der Waals surface area contributed by atoms with Gasteiger partial charge in [0.25, 0.3) is 0 Å². The molecule has 33 heavy (non-hydrogen) atoms. The van der Waals surface area contributed by atoms with Crippen LogP contribution in [0.25, 0.3) is 0 Å². The van der Waals surface area contributed by atoms with E-state index in [-0.39, 0.29) is 30.1 Å². The van der Waals surface area contributed by atoms with Crippen molar-refractivity contribution in [3.8, 4) is 0 Å². The van der Waals surface area contributed by atoms with Crippen molar-refractivity contribution >= 4 is 17.7 Å². The predicted molar refractivity (Wildman–Crippen MR) is 117 cm³/mol. The Bertz CT molecular complexity index is 897. The minimum Gasteiger partial charge on any atom is -0.481 e. The van der Waals surface area contributed by atoms with Crippen LogP contribution in [0.2, 0.25) is 0 Å². The van der Waals surface area contributed by atoms with E-state index in [1.165, 1.54) is 0 Å². The van der Waals surface area contributed by atoms with Gasteiger partial charge in [-0.15, -0.1) is 0 Å². The summed E-state index contributed by atoms with van der Waals surface area (Å²) >= 11 is 0. The molecule has 0 aromatic carbocycles. The van der Waals surface area contributed by atoms with Crippen LogP contribution >= 0.6 is 0 Å². The molecule has 0 amide bonds. The number of hydrogen-bond donors (Lipinski definition) is 5. The summed E-state index contributed by atoms with van der Waals surface area (Å²) in [5.41, 5.74) is -2.71. The summed E-state index contributed by atoms with van der Waals surface area (Å²) in [6, 6.07) is 0. The summed E-state index contributed by atoms with van der Waals surface area (Å²) in [7, 11) is 0. The van der Waals surface area contributed by atoms with Crippen LogP contribution in [-0.2, 0) is 14.4 Å². The van der Waals surface area contributed by atoms with E-state index in [1.54, 1.807) is 0 Å². The Kier molecular flexibility index (Phi) is 5.82. The molecule has 0 spiro atoms. The highest BCUT2D eigenvalue weighted by molar-refractivity contribution is 5.94. The first-order chi connectivity index (χ1) is 15.3. The van der Waals surface area contributed by atoms with Crippen molar-refractivity contribution < 1.29 is 39.9 Å². The van der Waals surface area contributed by atoms with Crippen LogP contribution in [0, 0.1) is 28.6 Å². The lowest BCUT2D eigenvalue weighted by atomic mass is 9.46. The van der Waals surface area contributed by atoms with E-state index in [9.17, 15) is 34.8 Å². The number of aliphatic carboxylic acids is 2. The highest BCUT2D eigenvalue weighted by atomic mass is 16.4. The Morgan fingerprint density at radius 2 is 1.67 bits per heavy atom. The monoisotopic (exact) mass is 464 g/mol. The molecule has 3 saturated carbocycles. The van der Waals surface area contributed by atoms with Crippen LogP contribution in [0.4, 0.5) is 0 Å². The number of Topliss-reactive ketones (excluding diaryl/α,β-unsaturated/α-hetero) is 1. The predicted octanol–water partition coefficient (Wildman–Crippen LogP) is 2.29. The Morgan fingerprint density at radius 1 is 1.00 bits per heavy atom. The summed E-state index contributed by atoms with van der Waals surface area (Å²) in [5, 5.41) is 50.8. The first-order valence-corrected chi connectivity index (χ1v) is 12.1. The maximum absolute atomic E-state index is 13.0. The third-order valence-electron chi connectivity index (χ3n) is 9.96. The highest BCUT2D eigenvalue weighted by Gasteiger charge is 2.67. The van der Waals surface area contributed by atoms with Crippen molar-refractivity contribution in [2.45, 2.75) is 95.4 Å². The lowest BCUT2D eigenvalue weighted by Crippen LogP contribution is -2.59. The second-order valence-corrected chi connectivity index (χ2v) is 11.6. The Labute approximate surface area is 193 Å². The zero-order valence-electron chi connectivity index (χ0n) is 19.4. The second kappa shape index (κ2) is 7.89. The number of aliphatic hydroxyl groups excluding tert-OH is 1. The molecule has 0 bridgehead atoms. The van der Waals surface area contributed by atoms with Crippen molar-refractivity contribution in [1.29, 1.82) is 0 Å². The van der Waals surface area contributed by atoms with Gasteiger partial charge in [-0.05, 0) is 74.5 Å². The first kappa shape index (κ1) is 24.4. The summed E-state index contributed by atoms with van der Waals surface area (Å²) in [6.45, 7) is 4.13. The van der Waals surface area contributed by atoms with Gasteiger partial charge in [0.1, 0.15) is 11.7 Å². The molecule has 4 rings (SSSR count). The maximum atomic E-state index is 13.0. The summed E-state index contributed by atoms with van der Waals surface area (Å²) < 4.78 is 0. The molecule has 0 aromatic rings. The van der Waals surface area contributed by atoms with Gasteiger partial charge in [-0.3, -0.25) is 14.4 Å². The molecule has 8 heteroatoms. The largest absolute Gasteiger partial charge is 0.481 e. The standard InChI is InChI=1S/C25H36O8/c1-22-9-10-24(32,13-20(29)30)12-14(22)3-4-15-16(22)5-7-23(2)17(15)6-8-25(23,33)21(31)18(26)11-19(27)28/h3,15-18,26,32-33H,4-13H2,1-2H3,(H,27,28)(H,29,30)/t15-,16+,17+,18?,22+,23+,24+,25+/m1/s1. The topological polar surface area (TPSA) is 152 Å². The minimum atomic E-state index is -1.74. The van der Waals surface area contributed by atoms with Gasteiger partial charge >= 0.3 is 11.9 Å². The average molecular weight is 465 g/mol. The number of carbonyl (C=O) groups excluding carboxylic acids is 1. The smallest absolute Gasteiger partial charge is 0.306 e. The van der Waals surface area contributed by atoms with Gasteiger partial charge in [0.15, 0.2) is 5.78 Å². The van der Waals surface area contributed by atoms with Crippen molar-refractivity contribution in [1.82, 2.24) is 0 Å². The molecule has 5 N–H and O–H groups in total. The van der Waals surface area contributed by atoms with Gasteiger partial charge in [0, 0.05) is 5.41 Å². The van der Waals surface area contributed by atoms with Gasteiger partial charge < -0.3 is 25.5 Å². The Hall–Kier alpha value is -1.77. The van der Waals surface area contributed by atoms with Crippen LogP contribution in [0.1, 0.15) is 78.1 Å². The fraction of sp³-hybridized carbons (Fsp3) is 0.800. The third kappa shape index (κ3) is 3.65. The zero-order valence-corrected chi connectivity index (χ0v) is 19.4. The SMILES string of the molecule is C[C@]12CC[C@@](O)(CC(=O)O)CC1=CC[C@@H]1[C@@H]2CC[C@@]2(C)[C@H]1CC[C@]2(O)C(=O)C(O)CC(=O)O. The van der Waals surface area contributed by atoms with Crippen molar-refractivity contribution in [2.24, 2.45) is 28.6 Å². The molecular weight excluding hydrogens is 428 g/mol. The number of carboxylic acid groups (broad SMARTS) is 2. The fourth-order valence-electron chi connectivity index (χ4n) is 8.10. The summed E-state index contributed by atoms with van der Waals surface area (Å²) in [4.78, 5) is 35.3. The molecule has 0 aliphatic heterocycles. The van der Waals surface area contributed by atoms with E-state index in [0.717, 1.165) is 18.4 Å². The van der Waals surface area contributed by atoms with Crippen molar-refractivity contribution in [3.05, 3.63) is 11.6 Å². The molecule has 0 radical (unpaired) electrons. The van der Waals surface area contributed by atoms with E-state index in [4.69, 9.17) is 5.11 Å². The lowest BCUT2D eigenvalue weighted by Gasteiger charge is -2.59. The normalized spacial score (nSPS) is 45.2. The number of allylic oxidation sites excluding steroid dienone is 1. The number of aliphatic hydroxyl groups is 3. The van der Waals surface area contributed by atoms with E-state index in [0.29, 0.717) is 38.0 Å². The van der Waals surface area contributed by atoms with Crippen LogP contribution in [-0.4, -0.2) is 60.6 Å². The third-order valence-corrected chi connectivity index (χ3v) is 9.96. The number of carboxylic acids is 2. The molecule has 0 heterocycles. The van der Waals surface area contributed by atoms with Gasteiger partial charge in [-0.1, -0.05) is 25.5 Å². The molecule has 4 aliphatic carbocycles. The maximum Gasteiger partial charge on any atom is 0.306 e. The lowest BCUT2D eigenvalue weighted by molar-refractivity contribution is -0.171. The van der Waals surface area contributed by atoms with E-state index in [1.807, 2.05) is 6.92 Å². The first-order valence-electron chi connectivity index (χ1n) is 12.1. The summed E-state index contributed by atoms with van der Waals surface area (Å²) in [5.74, 6) is -2.43. The Balaban J connectivity index is 1.59. The average Bonchev–Trinajstić information content (AvgIpc) is 2.99. The second-order valence-electron chi connectivity index (χ2n) is 11.6. The highest BCUT2D eigenvalue weighted by Crippen LogP contribution is 2.68. The number of ketones is 1. The van der Waals surface area contributed by atoms with E-state index in [2.05, 4.69) is 13.0 Å². The molecule has 184 valence electrons. The number of carbonyl (C=O) groups is 3. The van der Waals surface area contributed by atoms with Crippen LogP contribution in [0.15, 0.2) is 11.6 Å². The number of rotatable bonds is 6. The van der Waals surface area contributed by atoms with Gasteiger partial charge in [0.2, 0.25) is 0 Å². The number of hydrogen-bond acceptors (Lipinski definition) is 6. The van der Waals surface area contributed by atoms with Gasteiger partial charge in [-0.25, -0.2) is 0 Å². The zero-order chi connectivity index (χ0) is 24.4. The quantitative estimate of drug-likeness (QED) is 0.375. The summed E-state index contributed by atoms with van der Waals surface area (Å²) in [6.07, 6.45) is 3.96. The van der Waals surface area contributed by atoms with Crippen LogP contribution in [0.5, 0.6) is 0 Å². The molecule has 3 fully saturated rings. The molecule has 8 nitrogen and oxygen atoms in total. The van der Waals surface area contributed by atoms with E-state index >= 15 is 0 Å². The molecule has 0 aromatic heterocycles. The minimum absolute atomic E-state index is 0.0664. The van der Waals surface area contributed by atoms with Crippen LogP contribution in [0.3, 0.4) is 0 Å². The van der Waals surface area contributed by atoms with Crippen molar-refractivity contribution in [2.75, 3.05) is 0 Å². The van der Waals surface area contributed by atoms with Gasteiger partial charge in [-0.2, -0.15) is 0 Å².